The number of H-pyrrole nitrogens is 1. The lowest BCUT2D eigenvalue weighted by molar-refractivity contribution is 0.630. The van der Waals surface area contributed by atoms with Crippen molar-refractivity contribution in [2.45, 2.75) is 0 Å². The molecule has 2 N–H and O–H groups in total. The highest BCUT2D eigenvalue weighted by atomic mass is 35.5. The molecule has 0 spiro atoms. The standard InChI is InChI=1S/C20H15ClN10/c1-31-29-17(28-30-31)13-5-2-4-12(8-13)10-22-19-16-18(23-11-24-20(16)27-26-19)25-15-7-3-6-14(21)9-15/h2-11H,1H3,(H2,23,24,25,26,27)/b22-10+. The van der Waals surface area contributed by atoms with E-state index in [2.05, 4.69) is 45.9 Å². The SMILES string of the molecule is Cn1nnc(-c2cccc(/C=N/c3[nH]nc4ncnc(Nc5cccc(Cl)c5)c34)c2)n1. The van der Waals surface area contributed by atoms with Gasteiger partial charge in [0.2, 0.25) is 5.82 Å². The van der Waals surface area contributed by atoms with Gasteiger partial charge < -0.3 is 5.32 Å². The quantitative estimate of drug-likeness (QED) is 0.407. The van der Waals surface area contributed by atoms with E-state index in [4.69, 9.17) is 11.6 Å². The first-order chi connectivity index (χ1) is 15.2. The molecule has 0 fully saturated rings. The molecule has 5 aromatic rings. The third kappa shape index (κ3) is 3.96. The lowest BCUT2D eigenvalue weighted by Gasteiger charge is -2.06. The monoisotopic (exact) mass is 430 g/mol. The number of hydrogen-bond donors (Lipinski definition) is 2. The van der Waals surface area contributed by atoms with Crippen molar-refractivity contribution in [3.63, 3.8) is 0 Å². The number of anilines is 2. The van der Waals surface area contributed by atoms with Crippen molar-refractivity contribution in [3.8, 4) is 11.4 Å². The normalized spacial score (nSPS) is 11.4. The molecule has 3 heterocycles. The zero-order valence-electron chi connectivity index (χ0n) is 16.2. The summed E-state index contributed by atoms with van der Waals surface area (Å²) in [6, 6.07) is 15.1. The summed E-state index contributed by atoms with van der Waals surface area (Å²) in [6.07, 6.45) is 3.17. The molecule has 0 unspecified atom stereocenters. The maximum absolute atomic E-state index is 6.09. The van der Waals surface area contributed by atoms with Crippen molar-refractivity contribution in [1.29, 1.82) is 0 Å². The van der Waals surface area contributed by atoms with Crippen LogP contribution in [0.25, 0.3) is 22.4 Å². The maximum atomic E-state index is 6.09. The predicted molar refractivity (Wildman–Crippen MR) is 118 cm³/mol. The number of nitrogens with zero attached hydrogens (tertiary/aromatic N) is 8. The van der Waals surface area contributed by atoms with Gasteiger partial charge in [0.05, 0.1) is 7.05 Å². The van der Waals surface area contributed by atoms with Crippen molar-refractivity contribution >= 4 is 46.2 Å². The van der Waals surface area contributed by atoms with E-state index in [-0.39, 0.29) is 0 Å². The van der Waals surface area contributed by atoms with Crippen LogP contribution in [0, 0.1) is 0 Å². The molecule has 0 aliphatic carbocycles. The number of tetrazole rings is 1. The molecule has 5 rings (SSSR count). The molecule has 31 heavy (non-hydrogen) atoms. The lowest BCUT2D eigenvalue weighted by Crippen LogP contribution is -1.95. The Hall–Kier alpha value is -4.18. The number of benzene rings is 2. The van der Waals surface area contributed by atoms with Gasteiger partial charge in [0, 0.05) is 22.5 Å². The third-order valence-corrected chi connectivity index (χ3v) is 4.65. The summed E-state index contributed by atoms with van der Waals surface area (Å²) in [5, 5.41) is 23.8. The lowest BCUT2D eigenvalue weighted by atomic mass is 10.1. The predicted octanol–water partition coefficient (Wildman–Crippen LogP) is 3.69. The van der Waals surface area contributed by atoms with Crippen LogP contribution in [0.5, 0.6) is 0 Å². The Morgan fingerprint density at radius 3 is 2.87 bits per heavy atom. The Balaban J connectivity index is 1.48. The van der Waals surface area contributed by atoms with Gasteiger partial charge in [0.25, 0.3) is 0 Å². The summed E-state index contributed by atoms with van der Waals surface area (Å²) in [5.41, 5.74) is 3.02. The van der Waals surface area contributed by atoms with Crippen LogP contribution in [-0.4, -0.2) is 46.6 Å². The average molecular weight is 431 g/mol. The molecule has 0 amide bonds. The van der Waals surface area contributed by atoms with Gasteiger partial charge in [0.15, 0.2) is 11.5 Å². The second-order valence-electron chi connectivity index (χ2n) is 6.61. The fourth-order valence-electron chi connectivity index (χ4n) is 3.03. The van der Waals surface area contributed by atoms with Gasteiger partial charge >= 0.3 is 0 Å². The molecule has 2 aromatic carbocycles. The zero-order chi connectivity index (χ0) is 21.2. The number of aryl methyl sites for hydroxylation is 1. The molecule has 3 aromatic heterocycles. The Morgan fingerprint density at radius 2 is 2.03 bits per heavy atom. The van der Waals surface area contributed by atoms with E-state index in [1.807, 2.05) is 42.5 Å². The molecule has 152 valence electrons. The van der Waals surface area contributed by atoms with Crippen LogP contribution in [-0.2, 0) is 7.05 Å². The smallest absolute Gasteiger partial charge is 0.204 e. The van der Waals surface area contributed by atoms with Crippen LogP contribution < -0.4 is 5.32 Å². The van der Waals surface area contributed by atoms with Crippen LogP contribution in [0.15, 0.2) is 59.9 Å². The maximum Gasteiger partial charge on any atom is 0.204 e. The number of rotatable bonds is 5. The van der Waals surface area contributed by atoms with Crippen LogP contribution in [0.3, 0.4) is 0 Å². The van der Waals surface area contributed by atoms with Crippen LogP contribution >= 0.6 is 11.6 Å². The second-order valence-corrected chi connectivity index (χ2v) is 7.05. The molecule has 11 heteroatoms. The Bertz CT molecular complexity index is 1400. The van der Waals surface area contributed by atoms with E-state index in [1.54, 1.807) is 19.3 Å². The van der Waals surface area contributed by atoms with Gasteiger partial charge in [-0.25, -0.2) is 15.0 Å². The van der Waals surface area contributed by atoms with E-state index in [1.165, 1.54) is 11.1 Å². The molecular weight excluding hydrogens is 416 g/mol. The minimum atomic E-state index is 0.504. The molecule has 0 atom stereocenters. The summed E-state index contributed by atoms with van der Waals surface area (Å²) in [6.45, 7) is 0. The highest BCUT2D eigenvalue weighted by Crippen LogP contribution is 2.30. The molecule has 10 nitrogen and oxygen atoms in total. The number of aliphatic imine (C=N–C) groups is 1. The van der Waals surface area contributed by atoms with Gasteiger partial charge in [-0.15, -0.1) is 10.2 Å². The van der Waals surface area contributed by atoms with Gasteiger partial charge in [0.1, 0.15) is 17.5 Å². The van der Waals surface area contributed by atoms with E-state index in [9.17, 15) is 0 Å². The summed E-state index contributed by atoms with van der Waals surface area (Å²) >= 11 is 6.09. The molecular formula is C20H15ClN10. The first-order valence-electron chi connectivity index (χ1n) is 9.26. The summed E-state index contributed by atoms with van der Waals surface area (Å²) in [5.74, 6) is 1.65. The van der Waals surface area contributed by atoms with Crippen LogP contribution in [0.1, 0.15) is 5.56 Å². The summed E-state index contributed by atoms with van der Waals surface area (Å²) in [4.78, 5) is 14.6. The minimum absolute atomic E-state index is 0.504. The highest BCUT2D eigenvalue weighted by molar-refractivity contribution is 6.30. The van der Waals surface area contributed by atoms with Crippen molar-refractivity contribution < 1.29 is 0 Å². The number of aromatic amines is 1. The number of halogens is 1. The molecule has 0 bridgehead atoms. The van der Waals surface area contributed by atoms with Crippen LogP contribution in [0.4, 0.5) is 17.3 Å². The number of aromatic nitrogens is 8. The topological polar surface area (TPSA) is 122 Å². The van der Waals surface area contributed by atoms with Crippen molar-refractivity contribution in [1.82, 2.24) is 40.4 Å². The van der Waals surface area contributed by atoms with Gasteiger partial charge in [-0.1, -0.05) is 35.9 Å². The molecule has 0 saturated heterocycles. The first kappa shape index (κ1) is 18.8. The fourth-order valence-corrected chi connectivity index (χ4v) is 3.22. The fraction of sp³-hybridized carbons (Fsp3) is 0.0500. The van der Waals surface area contributed by atoms with E-state index in [0.29, 0.717) is 33.5 Å². The highest BCUT2D eigenvalue weighted by Gasteiger charge is 2.12. The van der Waals surface area contributed by atoms with E-state index in [0.717, 1.165) is 16.8 Å². The Kier molecular flexibility index (Phi) is 4.81. The van der Waals surface area contributed by atoms with Gasteiger partial charge in [-0.2, -0.15) is 9.90 Å². The molecule has 0 aliphatic heterocycles. The van der Waals surface area contributed by atoms with E-state index < -0.39 is 0 Å². The van der Waals surface area contributed by atoms with Crippen LogP contribution in [0.2, 0.25) is 5.02 Å². The van der Waals surface area contributed by atoms with E-state index >= 15 is 0 Å². The Morgan fingerprint density at radius 1 is 1.13 bits per heavy atom. The zero-order valence-corrected chi connectivity index (χ0v) is 17.0. The largest absolute Gasteiger partial charge is 0.339 e. The van der Waals surface area contributed by atoms with Gasteiger partial charge in [-0.05, 0) is 35.0 Å². The number of fused-ring (bicyclic) bond motifs is 1. The number of hydrogen-bond acceptors (Lipinski definition) is 8. The molecule has 0 aliphatic rings. The van der Waals surface area contributed by atoms with Gasteiger partial charge in [-0.3, -0.25) is 5.10 Å². The molecule has 0 radical (unpaired) electrons. The van der Waals surface area contributed by atoms with Crippen molar-refractivity contribution in [3.05, 3.63) is 65.4 Å². The second kappa shape index (κ2) is 7.92. The van der Waals surface area contributed by atoms with Crippen molar-refractivity contribution in [2.75, 3.05) is 5.32 Å². The Labute approximate surface area is 181 Å². The number of nitrogens with one attached hydrogen (secondary N) is 2. The molecule has 0 saturated carbocycles. The summed E-state index contributed by atoms with van der Waals surface area (Å²) < 4.78 is 0. The average Bonchev–Trinajstić information content (AvgIpc) is 3.39. The minimum Gasteiger partial charge on any atom is -0.339 e. The summed E-state index contributed by atoms with van der Waals surface area (Å²) in [7, 11) is 1.72. The first-order valence-corrected chi connectivity index (χ1v) is 9.64. The van der Waals surface area contributed by atoms with Crippen molar-refractivity contribution in [2.24, 2.45) is 12.0 Å². The third-order valence-electron chi connectivity index (χ3n) is 4.42.